The van der Waals surface area contributed by atoms with Gasteiger partial charge in [0.25, 0.3) is 0 Å². The van der Waals surface area contributed by atoms with Crippen molar-refractivity contribution in [2.45, 2.75) is 153 Å². The molecule has 0 bridgehead atoms. The van der Waals surface area contributed by atoms with Crippen molar-refractivity contribution in [3.8, 4) is 47.9 Å². The standard InChI is InChI=1S/C26H24N2O4S.2C25H22N2O4S.C13H13IN2O2S.C13H12O2.Li.Na.2H2O/c1-17-23(27-25(30)32-18(2)20-7-5-4-6-8-20)22(33-28-17)14-11-19-9-12-21(13-10-19)26(15-16-26)24(29)31-3;2*1-16-22(26-24(30)31-17(2)19-6-4-3-5-7-19)21(32-27-16)13-10-18-8-11-20(12-9-18)25(14-15-25)23(28)29;1-8-11(12(14)19-16-8)15-13(17)18-9(2)10-6-4-3-5-7-10;1-3-10-4-6-11(7-5-10)13(8-9-13)12(14)15-2;;;;/h4-10,12-13,18H,15-16H2,1-3H3,(H,27,30);2*3-9,11-12,17H,14-15H2,1-2H3,(H,26,30)(H,28,29);3-7,9H,1-2H3,(H,15,17);1,4-7H,8-9H2,2H3;;;2*1H2/q;;;;;2*+1;;/p-2/t18-;2*17-;9-;;;;;/m1111...../s1. The van der Waals surface area contributed by atoms with Gasteiger partial charge in [-0.25, -0.2) is 19.2 Å². The van der Waals surface area contributed by atoms with Gasteiger partial charge in [0, 0.05) is 27.7 Å². The van der Waals surface area contributed by atoms with Crippen molar-refractivity contribution in [2.75, 3.05) is 35.5 Å². The molecule has 0 saturated heterocycles. The predicted octanol–water partition coefficient (Wildman–Crippen LogP) is 13.8. The van der Waals surface area contributed by atoms with E-state index in [4.69, 9.17) is 34.8 Å². The number of aliphatic carboxylic acids is 2. The number of terminal acetylenes is 1. The summed E-state index contributed by atoms with van der Waals surface area (Å²) in [5.74, 6) is 18.8. The van der Waals surface area contributed by atoms with Crippen LogP contribution in [0.1, 0.15) is 208 Å². The summed E-state index contributed by atoms with van der Waals surface area (Å²) < 4.78 is 49.6. The summed E-state index contributed by atoms with van der Waals surface area (Å²) in [7, 11) is 2.85. The van der Waals surface area contributed by atoms with Crippen LogP contribution < -0.4 is 74.8 Å². The van der Waals surface area contributed by atoms with Gasteiger partial charge in [0.05, 0.1) is 82.0 Å². The number of carboxylic acids is 2. The van der Waals surface area contributed by atoms with E-state index in [1.807, 2.05) is 236 Å². The molecule has 8 aromatic carbocycles. The predicted molar refractivity (Wildman–Crippen MR) is 517 cm³/mol. The Kier molecular flexibility index (Phi) is 39.9. The Morgan fingerprint density at radius 2 is 0.622 bits per heavy atom. The monoisotopic (exact) mass is 2000 g/mol. The van der Waals surface area contributed by atoms with Crippen LogP contribution in [-0.2, 0) is 69.3 Å². The average molecular weight is 2010 g/mol. The Morgan fingerprint density at radius 1 is 0.385 bits per heavy atom. The molecular weight excluding hydrogens is 1910 g/mol. The summed E-state index contributed by atoms with van der Waals surface area (Å²) in [6.45, 7) is 14.6. The summed E-state index contributed by atoms with van der Waals surface area (Å²) in [6.07, 6.45) is 7.55. The van der Waals surface area contributed by atoms with Crippen molar-refractivity contribution >= 4 is 140 Å². The summed E-state index contributed by atoms with van der Waals surface area (Å²) in [5, 5.41) is 31.8. The molecule has 4 heterocycles. The Hall–Kier alpha value is -12.3. The molecule has 4 aliphatic carbocycles. The number of halogens is 1. The van der Waals surface area contributed by atoms with Crippen LogP contribution in [-0.4, -0.2) is 96.0 Å². The first kappa shape index (κ1) is 108. The zero-order chi connectivity index (χ0) is 93.6. The van der Waals surface area contributed by atoms with Gasteiger partial charge >= 0.3 is 90.7 Å². The number of carboxylic acid groups (broad SMARTS) is 2. The molecule has 4 fully saturated rings. The van der Waals surface area contributed by atoms with Gasteiger partial charge in [0.15, 0.2) is 0 Å². The van der Waals surface area contributed by atoms with Gasteiger partial charge in [-0.15, -0.1) is 6.42 Å². The third-order valence-corrected chi connectivity index (χ3v) is 26.8. The number of esters is 2. The van der Waals surface area contributed by atoms with Crippen molar-refractivity contribution < 1.29 is 136 Å². The molecule has 0 aliphatic heterocycles. The molecule has 4 amide bonds. The number of aryl methyl sites for hydroxylation is 4. The van der Waals surface area contributed by atoms with Gasteiger partial charge in [0.2, 0.25) is 0 Å². The number of methoxy groups -OCH3 is 2. The van der Waals surface area contributed by atoms with E-state index < -0.39 is 64.8 Å². The SMILES string of the molecule is C#Cc1ccc(C2(C(=O)OC)CC2)cc1.COC(=O)C1(c2ccc(C#Cc3snc(C)c3NC(=O)O[C@H](C)c3ccccc3)cc2)CC1.Cc1nsc(C#Cc2ccc(C3(C(=O)O)CC3)cc2)c1NC(=O)O[C@H](C)c1ccccc1.Cc1nsc(C#Cc2ccc(C3(C(=O)[O-])CC3)cc2)c1NC(=O)O[C@H](C)c1ccccc1.Cc1nsc(I)c1NC(=O)O[C@H](C)c1ccccc1.O.[Li+].[Na+].[OH-]. The zero-order valence-corrected chi connectivity index (χ0v) is 83.6. The maximum absolute atomic E-state index is 12.4. The number of anilines is 4. The number of carbonyl (C=O) groups excluding carboxylic acids is 7. The van der Waals surface area contributed by atoms with Crippen LogP contribution >= 0.6 is 68.7 Å². The first-order valence-electron chi connectivity index (χ1n) is 41.7. The fourth-order valence-electron chi connectivity index (χ4n) is 13.9. The quantitative estimate of drug-likeness (QED) is 0.0155. The summed E-state index contributed by atoms with van der Waals surface area (Å²) in [6, 6.07) is 67.8. The maximum atomic E-state index is 12.4. The van der Waals surface area contributed by atoms with E-state index in [1.54, 1.807) is 38.1 Å². The van der Waals surface area contributed by atoms with Gasteiger partial charge in [-0.2, -0.15) is 17.5 Å². The average Bonchev–Trinajstić information content (AvgIpc) is 1.62. The van der Waals surface area contributed by atoms with E-state index in [2.05, 4.69) is 103 Å². The fraction of sp³-hybridized carbons (Fsp3) is 0.255. The number of amides is 4. The Morgan fingerprint density at radius 3 is 0.852 bits per heavy atom. The van der Waals surface area contributed by atoms with E-state index in [-0.39, 0.29) is 88.9 Å². The summed E-state index contributed by atoms with van der Waals surface area (Å²) in [5.41, 5.74) is 13.0. The molecule has 0 unspecified atom stereocenters. The van der Waals surface area contributed by atoms with Crippen LogP contribution in [0.25, 0.3) is 0 Å². The molecule has 4 aromatic heterocycles. The van der Waals surface area contributed by atoms with E-state index in [1.165, 1.54) is 60.3 Å². The number of benzene rings is 8. The topological polar surface area (TPSA) is 396 Å². The molecule has 4 aliphatic rings. The molecule has 135 heavy (non-hydrogen) atoms. The number of rotatable bonds is 20. The second kappa shape index (κ2) is 49.8. The van der Waals surface area contributed by atoms with Crippen molar-refractivity contribution in [3.05, 3.63) is 325 Å². The first-order chi connectivity index (χ1) is 63.0. The smallest absolute Gasteiger partial charge is 0.870 e. The second-order valence-electron chi connectivity index (χ2n) is 31.3. The van der Waals surface area contributed by atoms with Crippen LogP contribution in [0.4, 0.5) is 41.9 Å². The van der Waals surface area contributed by atoms with E-state index in [0.29, 0.717) is 74.5 Å². The van der Waals surface area contributed by atoms with Gasteiger partial charge in [-0.1, -0.05) is 194 Å². The normalized spacial score (nSPS) is 13.9. The van der Waals surface area contributed by atoms with Gasteiger partial charge in [0.1, 0.15) is 41.9 Å². The van der Waals surface area contributed by atoms with Gasteiger partial charge < -0.3 is 54.4 Å². The minimum Gasteiger partial charge on any atom is -0.870 e. The number of aromatic nitrogens is 4. The Labute approximate surface area is 847 Å². The minimum absolute atomic E-state index is 0. The molecule has 0 spiro atoms. The van der Waals surface area contributed by atoms with Crippen molar-refractivity contribution in [2.24, 2.45) is 0 Å². The minimum atomic E-state index is -1.03. The largest absolute Gasteiger partial charge is 1.00 e. The van der Waals surface area contributed by atoms with Crippen LogP contribution in [0, 0.1) is 78.4 Å². The molecule has 684 valence electrons. The molecule has 26 nitrogen and oxygen atoms in total. The third-order valence-electron chi connectivity index (χ3n) is 22.4. The van der Waals surface area contributed by atoms with E-state index in [9.17, 15) is 48.6 Å². The fourth-order valence-corrected chi connectivity index (χ4v) is 17.4. The van der Waals surface area contributed by atoms with Crippen LogP contribution in [0.15, 0.2) is 218 Å². The molecule has 12 aromatic rings. The molecule has 4 saturated carbocycles. The second-order valence-corrected chi connectivity index (χ2v) is 36.2. The molecular formula is C102H95ILiN8NaO18S4. The van der Waals surface area contributed by atoms with Crippen molar-refractivity contribution in [3.63, 3.8) is 0 Å². The number of nitrogens with one attached hydrogen (secondary N) is 4. The van der Waals surface area contributed by atoms with Gasteiger partial charge in [-0.3, -0.25) is 35.7 Å². The van der Waals surface area contributed by atoms with E-state index in [0.717, 1.165) is 107 Å². The number of ether oxygens (including phenoxy) is 6. The van der Waals surface area contributed by atoms with Gasteiger partial charge in [-0.05, 0) is 286 Å². The zero-order valence-electron chi connectivity index (χ0n) is 76.1. The molecule has 16 rings (SSSR count). The number of nitrogens with zero attached hydrogens (tertiary/aromatic N) is 4. The molecule has 4 atom stereocenters. The first-order valence-corrected chi connectivity index (χ1v) is 45.9. The van der Waals surface area contributed by atoms with Crippen LogP contribution in [0.2, 0.25) is 0 Å². The number of hydrogen-bond acceptors (Lipinski definition) is 24. The Balaban J connectivity index is 0.000000211. The third kappa shape index (κ3) is 28.2. The van der Waals surface area contributed by atoms with Crippen molar-refractivity contribution in [1.82, 2.24) is 17.5 Å². The van der Waals surface area contributed by atoms with Crippen LogP contribution in [0.5, 0.6) is 0 Å². The van der Waals surface area contributed by atoms with Crippen LogP contribution in [0.3, 0.4) is 0 Å². The number of carbonyl (C=O) groups is 8. The van der Waals surface area contributed by atoms with Crippen molar-refractivity contribution in [1.29, 1.82) is 0 Å². The molecule has 8 N–H and O–H groups in total. The Bertz CT molecular complexity index is 6160. The summed E-state index contributed by atoms with van der Waals surface area (Å²) in [4.78, 5) is 97.5. The summed E-state index contributed by atoms with van der Waals surface area (Å²) >= 11 is 7.12. The molecule has 33 heteroatoms. The maximum Gasteiger partial charge on any atom is 1.00 e. The number of hydrogen-bond donors (Lipinski definition) is 5. The molecule has 0 radical (unpaired) electrons. The van der Waals surface area contributed by atoms with E-state index >= 15 is 0 Å².